The lowest BCUT2D eigenvalue weighted by Crippen LogP contribution is -2.42. The zero-order valence-electron chi connectivity index (χ0n) is 19.5. The van der Waals surface area contributed by atoms with Gasteiger partial charge in [-0.05, 0) is 75.9 Å². The van der Waals surface area contributed by atoms with Crippen LogP contribution in [0.5, 0.6) is 5.75 Å². The number of ether oxygens (including phenoxy) is 2. The van der Waals surface area contributed by atoms with Gasteiger partial charge in [0.15, 0.2) is 8.32 Å². The Morgan fingerprint density at radius 3 is 2.40 bits per heavy atom. The molecule has 1 aliphatic carbocycles. The SMILES string of the molecule is CC#C[C@H](C[C@@](C)(/C=C/C1(CCO)CC1)O[Si](C)(C)C)OCc1ccc(OC)cc1. The van der Waals surface area contributed by atoms with Crippen molar-refractivity contribution < 1.29 is 19.0 Å². The highest BCUT2D eigenvalue weighted by molar-refractivity contribution is 6.69. The molecule has 0 heterocycles. The molecule has 1 N–H and O–H groups in total. The summed E-state index contributed by atoms with van der Waals surface area (Å²) >= 11 is 0. The van der Waals surface area contributed by atoms with E-state index in [-0.39, 0.29) is 18.1 Å². The molecule has 1 aromatic carbocycles. The summed E-state index contributed by atoms with van der Waals surface area (Å²) in [6, 6.07) is 7.91. The smallest absolute Gasteiger partial charge is 0.184 e. The molecule has 0 spiro atoms. The maximum atomic E-state index is 9.38. The van der Waals surface area contributed by atoms with Gasteiger partial charge in [0.25, 0.3) is 0 Å². The largest absolute Gasteiger partial charge is 0.497 e. The number of benzene rings is 1. The predicted molar refractivity (Wildman–Crippen MR) is 125 cm³/mol. The van der Waals surface area contributed by atoms with E-state index in [0.29, 0.717) is 13.0 Å². The normalized spacial score (nSPS) is 18.4. The number of aliphatic hydroxyl groups is 1. The second kappa shape index (κ2) is 10.6. The highest BCUT2D eigenvalue weighted by Crippen LogP contribution is 2.50. The molecule has 0 saturated heterocycles. The zero-order chi connectivity index (χ0) is 22.3. The average Bonchev–Trinajstić information content (AvgIpc) is 3.44. The van der Waals surface area contributed by atoms with Crippen molar-refractivity contribution in [1.82, 2.24) is 0 Å². The van der Waals surface area contributed by atoms with Crippen molar-refractivity contribution in [2.45, 2.75) is 77.5 Å². The van der Waals surface area contributed by atoms with E-state index in [1.807, 2.05) is 31.2 Å². The number of methoxy groups -OCH3 is 1. The van der Waals surface area contributed by atoms with E-state index in [2.05, 4.69) is 50.6 Å². The first kappa shape index (κ1) is 24.7. The predicted octanol–water partition coefficient (Wildman–Crippen LogP) is 5.32. The van der Waals surface area contributed by atoms with E-state index in [1.54, 1.807) is 7.11 Å². The van der Waals surface area contributed by atoms with Crippen LogP contribution in [0.2, 0.25) is 19.6 Å². The first-order chi connectivity index (χ1) is 14.1. The molecular weight excluding hydrogens is 392 g/mol. The van der Waals surface area contributed by atoms with Crippen LogP contribution in [0.1, 0.15) is 45.1 Å². The van der Waals surface area contributed by atoms with Crippen molar-refractivity contribution in [2.24, 2.45) is 5.41 Å². The fraction of sp³-hybridized carbons (Fsp3) is 0.600. The third kappa shape index (κ3) is 8.27. The number of allylic oxidation sites excluding steroid dienone is 1. The summed E-state index contributed by atoms with van der Waals surface area (Å²) in [6.07, 6.45) is 8.01. The molecule has 1 aliphatic rings. The summed E-state index contributed by atoms with van der Waals surface area (Å²) in [4.78, 5) is 0. The Morgan fingerprint density at radius 1 is 1.23 bits per heavy atom. The van der Waals surface area contributed by atoms with Gasteiger partial charge in [-0.1, -0.05) is 30.2 Å². The van der Waals surface area contributed by atoms with Gasteiger partial charge in [-0.15, -0.1) is 5.92 Å². The second-order valence-corrected chi connectivity index (χ2v) is 13.9. The highest BCUT2D eigenvalue weighted by atomic mass is 28.4. The lowest BCUT2D eigenvalue weighted by molar-refractivity contribution is 0.0198. The summed E-state index contributed by atoms with van der Waals surface area (Å²) in [5.74, 6) is 7.07. The Kier molecular flexibility index (Phi) is 8.75. The minimum Gasteiger partial charge on any atom is -0.497 e. The first-order valence-corrected chi connectivity index (χ1v) is 14.2. The molecule has 0 aromatic heterocycles. The maximum absolute atomic E-state index is 9.38. The van der Waals surface area contributed by atoms with Crippen LogP contribution in [0.25, 0.3) is 0 Å². The number of hydrogen-bond acceptors (Lipinski definition) is 4. The van der Waals surface area contributed by atoms with Gasteiger partial charge in [0.2, 0.25) is 0 Å². The maximum Gasteiger partial charge on any atom is 0.184 e. The van der Waals surface area contributed by atoms with Crippen LogP contribution in [0.3, 0.4) is 0 Å². The van der Waals surface area contributed by atoms with Crippen LogP contribution >= 0.6 is 0 Å². The van der Waals surface area contributed by atoms with E-state index in [4.69, 9.17) is 13.9 Å². The van der Waals surface area contributed by atoms with E-state index in [1.165, 1.54) is 0 Å². The quantitative estimate of drug-likeness (QED) is 0.277. The highest BCUT2D eigenvalue weighted by Gasteiger charge is 2.41. The lowest BCUT2D eigenvalue weighted by Gasteiger charge is -2.36. The zero-order valence-corrected chi connectivity index (χ0v) is 20.5. The van der Waals surface area contributed by atoms with E-state index in [0.717, 1.165) is 30.6 Å². The first-order valence-electron chi connectivity index (χ1n) is 10.8. The van der Waals surface area contributed by atoms with Gasteiger partial charge in [-0.3, -0.25) is 0 Å². The van der Waals surface area contributed by atoms with Gasteiger partial charge in [0.05, 0.1) is 19.3 Å². The van der Waals surface area contributed by atoms with Gasteiger partial charge < -0.3 is 19.0 Å². The molecular formula is C25H38O4Si. The van der Waals surface area contributed by atoms with Crippen molar-refractivity contribution in [1.29, 1.82) is 0 Å². The van der Waals surface area contributed by atoms with E-state index >= 15 is 0 Å². The minimum atomic E-state index is -1.79. The Balaban J connectivity index is 2.12. The number of hydrogen-bond donors (Lipinski definition) is 1. The standard InChI is InChI=1S/C25H38O4Si/c1-7-8-23(28-20-21-9-11-22(27-3)12-10-21)19-24(2,29-30(4,5)6)13-14-25(15-16-25)17-18-26/h9-14,23,26H,15-20H2,1-6H3/b14-13+/t23-,24-/m1/s1. The Hall–Kier alpha value is -1.58. The summed E-state index contributed by atoms with van der Waals surface area (Å²) in [5, 5.41) is 9.38. The van der Waals surface area contributed by atoms with Crippen LogP contribution in [0.15, 0.2) is 36.4 Å². The van der Waals surface area contributed by atoms with Crippen LogP contribution in [0.4, 0.5) is 0 Å². The van der Waals surface area contributed by atoms with Gasteiger partial charge in [0, 0.05) is 13.0 Å². The molecule has 0 radical (unpaired) electrons. The molecule has 0 bridgehead atoms. The monoisotopic (exact) mass is 430 g/mol. The molecule has 1 saturated carbocycles. The second-order valence-electron chi connectivity index (χ2n) is 9.44. The molecule has 166 valence electrons. The third-order valence-corrected chi connectivity index (χ3v) is 6.42. The van der Waals surface area contributed by atoms with Crippen LogP contribution in [0, 0.1) is 17.3 Å². The molecule has 0 amide bonds. The Morgan fingerprint density at radius 2 is 1.90 bits per heavy atom. The van der Waals surface area contributed by atoms with Crippen molar-refractivity contribution in [3.05, 3.63) is 42.0 Å². The number of aliphatic hydroxyl groups excluding tert-OH is 1. The fourth-order valence-corrected chi connectivity index (χ4v) is 5.23. The van der Waals surface area contributed by atoms with E-state index < -0.39 is 13.9 Å². The van der Waals surface area contributed by atoms with Gasteiger partial charge in [-0.2, -0.15) is 0 Å². The van der Waals surface area contributed by atoms with E-state index in [9.17, 15) is 5.11 Å². The molecule has 0 aliphatic heterocycles. The van der Waals surface area contributed by atoms with Crippen LogP contribution < -0.4 is 4.74 Å². The van der Waals surface area contributed by atoms with Gasteiger partial charge in [0.1, 0.15) is 11.9 Å². The third-order valence-electron chi connectivity index (χ3n) is 5.34. The topological polar surface area (TPSA) is 47.9 Å². The summed E-state index contributed by atoms with van der Waals surface area (Å²) in [7, 11) is -0.128. The summed E-state index contributed by atoms with van der Waals surface area (Å²) in [6.45, 7) is 11.3. The van der Waals surface area contributed by atoms with Crippen molar-refractivity contribution >= 4 is 8.32 Å². The van der Waals surface area contributed by atoms with Crippen LogP contribution in [-0.2, 0) is 15.8 Å². The van der Waals surface area contributed by atoms with Gasteiger partial charge >= 0.3 is 0 Å². The molecule has 1 fully saturated rings. The Bertz CT molecular complexity index is 750. The summed E-state index contributed by atoms with van der Waals surface area (Å²) < 4.78 is 18.0. The summed E-state index contributed by atoms with van der Waals surface area (Å²) in [5.41, 5.74) is 0.778. The molecule has 1 aromatic rings. The van der Waals surface area contributed by atoms with Crippen molar-refractivity contribution in [2.75, 3.05) is 13.7 Å². The number of rotatable bonds is 12. The lowest BCUT2D eigenvalue weighted by atomic mass is 9.93. The molecule has 2 atom stereocenters. The average molecular weight is 431 g/mol. The molecule has 0 unspecified atom stereocenters. The molecule has 30 heavy (non-hydrogen) atoms. The Labute approximate surface area is 183 Å². The molecule has 4 nitrogen and oxygen atoms in total. The van der Waals surface area contributed by atoms with Gasteiger partial charge in [-0.25, -0.2) is 0 Å². The fourth-order valence-electron chi connectivity index (χ4n) is 3.68. The van der Waals surface area contributed by atoms with Crippen molar-refractivity contribution in [3.63, 3.8) is 0 Å². The van der Waals surface area contributed by atoms with Crippen LogP contribution in [-0.4, -0.2) is 38.8 Å². The molecule has 2 rings (SSSR count). The van der Waals surface area contributed by atoms with Crippen molar-refractivity contribution in [3.8, 4) is 17.6 Å². The minimum absolute atomic E-state index is 0.148. The molecule has 5 heteroatoms.